The Morgan fingerprint density at radius 1 is 1.32 bits per heavy atom. The molecular weight excluding hydrogens is 461 g/mol. The summed E-state index contributed by atoms with van der Waals surface area (Å²) in [7, 11) is 0. The number of halogens is 3. The second-order valence-electron chi connectivity index (χ2n) is 7.07. The zero-order valence-corrected chi connectivity index (χ0v) is 17.2. The summed E-state index contributed by atoms with van der Waals surface area (Å²) < 4.78 is 46.2. The number of H-pyrrole nitrogens is 1. The van der Waals surface area contributed by atoms with Crippen LogP contribution in [0.5, 0.6) is 0 Å². The van der Waals surface area contributed by atoms with Gasteiger partial charge in [0.15, 0.2) is 16.9 Å². The number of imidazole rings is 1. The minimum Gasteiger partial charge on any atom is -0.361 e. The maximum atomic E-state index is 13.1. The Morgan fingerprint density at radius 3 is 2.74 bits per heavy atom. The molecule has 0 atom stereocenters. The van der Waals surface area contributed by atoms with E-state index in [1.54, 1.807) is 13.0 Å². The monoisotopic (exact) mass is 474 g/mol. The zero-order chi connectivity index (χ0) is 24.6. The van der Waals surface area contributed by atoms with Crippen LogP contribution in [0.25, 0.3) is 11.2 Å². The van der Waals surface area contributed by atoms with Gasteiger partial charge in [0.1, 0.15) is 29.9 Å². The fraction of sp³-hybridized carbons (Fsp3) is 0.211. The molecule has 12 nitrogen and oxygen atoms in total. The molecule has 0 radical (unpaired) electrons. The Morgan fingerprint density at radius 2 is 2.09 bits per heavy atom. The van der Waals surface area contributed by atoms with Gasteiger partial charge in [-0.3, -0.25) is 19.1 Å². The van der Waals surface area contributed by atoms with Gasteiger partial charge in [-0.05, 0) is 19.1 Å². The summed E-state index contributed by atoms with van der Waals surface area (Å²) >= 11 is 0. The summed E-state index contributed by atoms with van der Waals surface area (Å²) in [5, 5.41) is 14.8. The molecule has 2 N–H and O–H groups in total. The van der Waals surface area contributed by atoms with Gasteiger partial charge < -0.3 is 14.4 Å². The normalized spacial score (nSPS) is 11.5. The molecule has 4 aromatic rings. The van der Waals surface area contributed by atoms with E-state index in [1.807, 2.05) is 0 Å². The lowest BCUT2D eigenvalue weighted by atomic mass is 10.2. The van der Waals surface area contributed by atoms with Crippen molar-refractivity contribution in [2.24, 2.45) is 0 Å². The Kier molecular flexibility index (Phi) is 5.49. The van der Waals surface area contributed by atoms with Crippen LogP contribution in [0.1, 0.15) is 22.7 Å². The second-order valence-corrected chi connectivity index (χ2v) is 7.07. The number of pyridine rings is 1. The molecule has 0 saturated carbocycles. The van der Waals surface area contributed by atoms with Gasteiger partial charge in [-0.1, -0.05) is 5.16 Å². The number of rotatable bonds is 5. The molecule has 4 aromatic heterocycles. The SMILES string of the molecule is Cc1cc(Cn2c(=O)[nH]c3ncn(CC(=O)Nc4ccc(C#N)c(C(F)(F)F)n4)c3c2=O)no1. The van der Waals surface area contributed by atoms with Gasteiger partial charge in [-0.25, -0.2) is 14.8 Å². The highest BCUT2D eigenvalue weighted by Crippen LogP contribution is 2.31. The summed E-state index contributed by atoms with van der Waals surface area (Å²) in [6, 6.07) is 4.86. The van der Waals surface area contributed by atoms with E-state index in [0.29, 0.717) is 11.5 Å². The smallest absolute Gasteiger partial charge is 0.361 e. The topological polar surface area (TPSA) is 164 Å². The number of carbonyl (C=O) groups is 1. The number of hydrogen-bond donors (Lipinski definition) is 2. The summed E-state index contributed by atoms with van der Waals surface area (Å²) in [5.74, 6) is -0.783. The minimum absolute atomic E-state index is 0.0776. The molecule has 4 rings (SSSR count). The van der Waals surface area contributed by atoms with Crippen molar-refractivity contribution in [3.63, 3.8) is 0 Å². The van der Waals surface area contributed by atoms with Crippen LogP contribution in [-0.2, 0) is 24.1 Å². The maximum Gasteiger partial charge on any atom is 0.434 e. The number of aryl methyl sites for hydroxylation is 1. The number of alkyl halides is 3. The molecule has 0 spiro atoms. The largest absolute Gasteiger partial charge is 0.434 e. The Bertz CT molecular complexity index is 1570. The van der Waals surface area contributed by atoms with E-state index in [0.717, 1.165) is 27.6 Å². The quantitative estimate of drug-likeness (QED) is 0.435. The first-order valence-corrected chi connectivity index (χ1v) is 9.45. The van der Waals surface area contributed by atoms with Crippen LogP contribution in [0, 0.1) is 18.3 Å². The van der Waals surface area contributed by atoms with Crippen molar-refractivity contribution in [3.05, 3.63) is 68.1 Å². The fourth-order valence-electron chi connectivity index (χ4n) is 3.18. The molecule has 0 aliphatic heterocycles. The van der Waals surface area contributed by atoms with E-state index in [2.05, 4.69) is 25.4 Å². The number of carbonyl (C=O) groups excluding carboxylic acids is 1. The first-order chi connectivity index (χ1) is 16.1. The number of anilines is 1. The number of nitrogens with one attached hydrogen (secondary N) is 2. The third-order valence-electron chi connectivity index (χ3n) is 4.62. The number of nitrogens with zero attached hydrogens (tertiary/aromatic N) is 6. The van der Waals surface area contributed by atoms with Crippen LogP contribution >= 0.6 is 0 Å². The summed E-state index contributed by atoms with van der Waals surface area (Å²) in [6.45, 7) is 0.916. The third kappa shape index (κ3) is 4.28. The molecule has 174 valence electrons. The molecule has 4 heterocycles. The lowest BCUT2D eigenvalue weighted by Gasteiger charge is -2.11. The molecule has 15 heteroatoms. The van der Waals surface area contributed by atoms with E-state index in [4.69, 9.17) is 9.78 Å². The average Bonchev–Trinajstić information content (AvgIpc) is 3.36. The van der Waals surface area contributed by atoms with Crippen LogP contribution in [-0.4, -0.2) is 35.1 Å². The van der Waals surface area contributed by atoms with E-state index in [1.165, 1.54) is 6.07 Å². The van der Waals surface area contributed by atoms with Gasteiger partial charge >= 0.3 is 11.9 Å². The van der Waals surface area contributed by atoms with Crippen LogP contribution in [0.4, 0.5) is 19.0 Å². The number of aromatic nitrogens is 6. The maximum absolute atomic E-state index is 13.1. The first-order valence-electron chi connectivity index (χ1n) is 9.45. The molecule has 0 saturated heterocycles. The van der Waals surface area contributed by atoms with E-state index < -0.39 is 47.0 Å². The van der Waals surface area contributed by atoms with Crippen LogP contribution in [0.3, 0.4) is 0 Å². The van der Waals surface area contributed by atoms with Crippen molar-refractivity contribution >= 4 is 22.9 Å². The lowest BCUT2D eigenvalue weighted by Crippen LogP contribution is -2.36. The molecule has 0 aromatic carbocycles. The van der Waals surface area contributed by atoms with Gasteiger partial charge in [0.25, 0.3) is 5.56 Å². The number of fused-ring (bicyclic) bond motifs is 1. The molecule has 0 aliphatic carbocycles. The standard InChI is InChI=1S/C19H13F3N8O4/c1-9-4-11(28-34-9)6-30-17(32)14-16(27-18(30)33)24-8-29(14)7-13(31)25-12-3-2-10(5-23)15(26-12)19(20,21)22/h2-4,8H,6-7H2,1H3,(H,27,33)(H,25,26,31). The highest BCUT2D eigenvalue weighted by molar-refractivity contribution is 5.90. The summed E-state index contributed by atoms with van der Waals surface area (Å²) in [4.78, 5) is 47.3. The Hall–Kier alpha value is -4.74. The van der Waals surface area contributed by atoms with Crippen molar-refractivity contribution in [2.45, 2.75) is 26.2 Å². The molecule has 0 unspecified atom stereocenters. The predicted octanol–water partition coefficient (Wildman–Crippen LogP) is 1.16. The van der Waals surface area contributed by atoms with Crippen LogP contribution in [0.15, 0.2) is 38.6 Å². The molecular formula is C19H13F3N8O4. The summed E-state index contributed by atoms with van der Waals surface area (Å²) in [5.41, 5.74) is -3.53. The third-order valence-corrected chi connectivity index (χ3v) is 4.62. The fourth-order valence-corrected chi connectivity index (χ4v) is 3.18. The lowest BCUT2D eigenvalue weighted by molar-refractivity contribution is -0.141. The van der Waals surface area contributed by atoms with Crippen LogP contribution < -0.4 is 16.6 Å². The van der Waals surface area contributed by atoms with E-state index in [9.17, 15) is 27.6 Å². The van der Waals surface area contributed by atoms with E-state index in [-0.39, 0.29) is 17.7 Å². The zero-order valence-electron chi connectivity index (χ0n) is 17.2. The van der Waals surface area contributed by atoms with Gasteiger partial charge in [0.05, 0.1) is 18.4 Å². The number of hydrogen-bond acceptors (Lipinski definition) is 8. The second kappa shape index (κ2) is 8.31. The molecule has 34 heavy (non-hydrogen) atoms. The first kappa shape index (κ1) is 22.5. The van der Waals surface area contributed by atoms with Crippen molar-refractivity contribution in [3.8, 4) is 6.07 Å². The van der Waals surface area contributed by atoms with Crippen molar-refractivity contribution in [1.82, 2.24) is 29.2 Å². The molecule has 0 fully saturated rings. The molecule has 0 bridgehead atoms. The average molecular weight is 474 g/mol. The van der Waals surface area contributed by atoms with Gasteiger partial charge in [-0.2, -0.15) is 18.4 Å². The Balaban J connectivity index is 1.62. The van der Waals surface area contributed by atoms with Crippen molar-refractivity contribution in [1.29, 1.82) is 5.26 Å². The molecule has 1 amide bonds. The highest BCUT2D eigenvalue weighted by atomic mass is 19.4. The van der Waals surface area contributed by atoms with Crippen molar-refractivity contribution in [2.75, 3.05) is 5.32 Å². The van der Waals surface area contributed by atoms with E-state index >= 15 is 0 Å². The van der Waals surface area contributed by atoms with Gasteiger partial charge in [0, 0.05) is 6.07 Å². The van der Waals surface area contributed by atoms with Crippen LogP contribution in [0.2, 0.25) is 0 Å². The highest BCUT2D eigenvalue weighted by Gasteiger charge is 2.36. The molecule has 0 aliphatic rings. The number of aromatic amines is 1. The Labute approximate surface area is 186 Å². The summed E-state index contributed by atoms with van der Waals surface area (Å²) in [6.07, 6.45) is -3.77. The predicted molar refractivity (Wildman–Crippen MR) is 108 cm³/mol. The minimum atomic E-state index is -4.90. The number of amides is 1. The van der Waals surface area contributed by atoms with Crippen molar-refractivity contribution < 1.29 is 22.5 Å². The van der Waals surface area contributed by atoms with Gasteiger partial charge in [-0.15, -0.1) is 0 Å². The number of nitriles is 1. The van der Waals surface area contributed by atoms with Gasteiger partial charge in [0.2, 0.25) is 5.91 Å².